The largest absolute Gasteiger partial charge is 0.478 e. The van der Waals surface area contributed by atoms with Gasteiger partial charge in [-0.2, -0.15) is 0 Å². The molecule has 0 aliphatic rings. The molecular formula is C20H21N3O4S2. The van der Waals surface area contributed by atoms with Gasteiger partial charge in [0.15, 0.2) is 0 Å². The standard InChI is InChI=1S/C20H21N3O4S2/c1-2-27-20-16(5-3-11-21-20)13-22-19(24)15-7-9-18(10-8-15)29(25,26)23-14-17-6-4-12-28-17/h3-12,23H,2,13-14H2,1H3,(H,22,24). The van der Waals surface area contributed by atoms with E-state index >= 15 is 0 Å². The zero-order valence-electron chi connectivity index (χ0n) is 15.8. The van der Waals surface area contributed by atoms with Crippen molar-refractivity contribution in [3.8, 4) is 5.88 Å². The van der Waals surface area contributed by atoms with Crippen LogP contribution in [0.15, 0.2) is 65.0 Å². The summed E-state index contributed by atoms with van der Waals surface area (Å²) in [5.41, 5.74) is 1.13. The maximum absolute atomic E-state index is 12.4. The van der Waals surface area contributed by atoms with Crippen LogP contribution in [0.2, 0.25) is 0 Å². The third-order valence-corrected chi connectivity index (χ3v) is 6.31. The van der Waals surface area contributed by atoms with Crippen molar-refractivity contribution < 1.29 is 17.9 Å². The first-order valence-electron chi connectivity index (χ1n) is 8.96. The molecule has 3 rings (SSSR count). The third kappa shape index (κ3) is 5.63. The number of carbonyl (C=O) groups is 1. The number of rotatable bonds is 9. The minimum absolute atomic E-state index is 0.108. The topological polar surface area (TPSA) is 97.4 Å². The number of carbonyl (C=O) groups excluding carboxylic acids is 1. The zero-order chi connectivity index (χ0) is 20.7. The molecule has 7 nitrogen and oxygen atoms in total. The van der Waals surface area contributed by atoms with Gasteiger partial charge in [-0.15, -0.1) is 11.3 Å². The summed E-state index contributed by atoms with van der Waals surface area (Å²) in [5.74, 6) is 0.167. The van der Waals surface area contributed by atoms with Gasteiger partial charge in [-0.05, 0) is 48.7 Å². The predicted octanol–water partition coefficient (Wildman–Crippen LogP) is 2.95. The highest BCUT2D eigenvalue weighted by atomic mass is 32.2. The van der Waals surface area contributed by atoms with Gasteiger partial charge in [0.1, 0.15) is 0 Å². The van der Waals surface area contributed by atoms with E-state index in [1.807, 2.05) is 30.5 Å². The number of hydrogen-bond donors (Lipinski definition) is 2. The molecule has 9 heteroatoms. The SMILES string of the molecule is CCOc1ncccc1CNC(=O)c1ccc(S(=O)(=O)NCc2cccs2)cc1. The molecule has 0 saturated heterocycles. The van der Waals surface area contributed by atoms with Crippen LogP contribution in [-0.2, 0) is 23.1 Å². The molecule has 1 aromatic carbocycles. The number of amides is 1. The third-order valence-electron chi connectivity index (χ3n) is 4.01. The first-order chi connectivity index (χ1) is 14.0. The van der Waals surface area contributed by atoms with E-state index in [1.165, 1.54) is 35.6 Å². The Morgan fingerprint density at radius 1 is 1.10 bits per heavy atom. The summed E-state index contributed by atoms with van der Waals surface area (Å²) in [4.78, 5) is 17.6. The van der Waals surface area contributed by atoms with E-state index in [1.54, 1.807) is 12.3 Å². The Balaban J connectivity index is 1.61. The van der Waals surface area contributed by atoms with Gasteiger partial charge in [-0.3, -0.25) is 4.79 Å². The summed E-state index contributed by atoms with van der Waals surface area (Å²) in [5, 5.41) is 4.68. The van der Waals surface area contributed by atoms with Crippen molar-refractivity contribution in [2.45, 2.75) is 24.9 Å². The highest BCUT2D eigenvalue weighted by Gasteiger charge is 2.15. The van der Waals surface area contributed by atoms with E-state index in [2.05, 4.69) is 15.0 Å². The maximum Gasteiger partial charge on any atom is 0.251 e. The Labute approximate surface area is 173 Å². The van der Waals surface area contributed by atoms with Crippen molar-refractivity contribution in [2.75, 3.05) is 6.61 Å². The Morgan fingerprint density at radius 2 is 1.90 bits per heavy atom. The fraction of sp³-hybridized carbons (Fsp3) is 0.200. The van der Waals surface area contributed by atoms with Crippen LogP contribution in [0, 0.1) is 0 Å². The van der Waals surface area contributed by atoms with Crippen LogP contribution in [0.3, 0.4) is 0 Å². The molecule has 0 radical (unpaired) electrons. The number of nitrogens with one attached hydrogen (secondary N) is 2. The lowest BCUT2D eigenvalue weighted by Crippen LogP contribution is -2.24. The van der Waals surface area contributed by atoms with Crippen LogP contribution in [0.25, 0.3) is 0 Å². The monoisotopic (exact) mass is 431 g/mol. The second-order valence-corrected chi connectivity index (χ2v) is 8.81. The Bertz CT molecular complexity index is 1050. The number of nitrogens with zero attached hydrogens (tertiary/aromatic N) is 1. The van der Waals surface area contributed by atoms with Gasteiger partial charge < -0.3 is 10.1 Å². The lowest BCUT2D eigenvalue weighted by Gasteiger charge is -2.10. The summed E-state index contributed by atoms with van der Waals surface area (Å²) >= 11 is 1.48. The molecule has 0 unspecified atom stereocenters. The number of pyridine rings is 1. The van der Waals surface area contributed by atoms with E-state index in [-0.39, 0.29) is 23.9 Å². The quantitative estimate of drug-likeness (QED) is 0.543. The molecule has 2 heterocycles. The van der Waals surface area contributed by atoms with Gasteiger partial charge in [-0.1, -0.05) is 12.1 Å². The van der Waals surface area contributed by atoms with Crippen molar-refractivity contribution in [1.29, 1.82) is 0 Å². The number of sulfonamides is 1. The molecule has 0 bridgehead atoms. The lowest BCUT2D eigenvalue weighted by molar-refractivity contribution is 0.0950. The van der Waals surface area contributed by atoms with E-state index < -0.39 is 10.0 Å². The van der Waals surface area contributed by atoms with Crippen molar-refractivity contribution in [3.05, 3.63) is 76.1 Å². The summed E-state index contributed by atoms with van der Waals surface area (Å²) in [6, 6.07) is 13.1. The summed E-state index contributed by atoms with van der Waals surface area (Å²) in [6.07, 6.45) is 1.63. The molecule has 0 saturated carbocycles. The summed E-state index contributed by atoms with van der Waals surface area (Å²) < 4.78 is 32.8. The maximum atomic E-state index is 12.4. The Hall–Kier alpha value is -2.75. The highest BCUT2D eigenvalue weighted by Crippen LogP contribution is 2.15. The normalized spacial score (nSPS) is 11.2. The van der Waals surface area contributed by atoms with Gasteiger partial charge >= 0.3 is 0 Å². The van der Waals surface area contributed by atoms with Crippen molar-refractivity contribution >= 4 is 27.3 Å². The van der Waals surface area contributed by atoms with Crippen molar-refractivity contribution in [2.24, 2.45) is 0 Å². The van der Waals surface area contributed by atoms with Crippen molar-refractivity contribution in [3.63, 3.8) is 0 Å². The number of aromatic nitrogens is 1. The molecule has 2 N–H and O–H groups in total. The van der Waals surface area contributed by atoms with Crippen molar-refractivity contribution in [1.82, 2.24) is 15.0 Å². The lowest BCUT2D eigenvalue weighted by atomic mass is 10.2. The fourth-order valence-electron chi connectivity index (χ4n) is 2.55. The van der Waals surface area contributed by atoms with Gasteiger partial charge in [0.05, 0.1) is 11.5 Å². The first-order valence-corrected chi connectivity index (χ1v) is 11.3. The van der Waals surface area contributed by atoms with Crippen LogP contribution < -0.4 is 14.8 Å². The van der Waals surface area contributed by atoms with Gasteiger partial charge in [0.2, 0.25) is 15.9 Å². The molecular weight excluding hydrogens is 410 g/mol. The van der Waals surface area contributed by atoms with Crippen LogP contribution in [0.5, 0.6) is 5.88 Å². The average molecular weight is 432 g/mol. The van der Waals surface area contributed by atoms with E-state index in [9.17, 15) is 13.2 Å². The second-order valence-electron chi connectivity index (χ2n) is 6.01. The molecule has 0 fully saturated rings. The van der Waals surface area contributed by atoms with E-state index in [0.717, 1.165) is 10.4 Å². The molecule has 152 valence electrons. The van der Waals surface area contributed by atoms with E-state index in [4.69, 9.17) is 4.74 Å². The minimum Gasteiger partial charge on any atom is -0.478 e. The zero-order valence-corrected chi connectivity index (χ0v) is 17.4. The number of ether oxygens (including phenoxy) is 1. The molecule has 1 amide bonds. The summed E-state index contributed by atoms with van der Waals surface area (Å²) in [6.45, 7) is 2.83. The highest BCUT2D eigenvalue weighted by molar-refractivity contribution is 7.89. The second kappa shape index (κ2) is 9.64. The van der Waals surface area contributed by atoms with Gasteiger partial charge in [0, 0.05) is 35.3 Å². The Kier molecular flexibility index (Phi) is 6.97. The summed E-state index contributed by atoms with van der Waals surface area (Å²) in [7, 11) is -3.65. The molecule has 3 aromatic rings. The van der Waals surface area contributed by atoms with E-state index in [0.29, 0.717) is 18.1 Å². The molecule has 0 aliphatic carbocycles. The molecule has 0 atom stereocenters. The predicted molar refractivity (Wildman–Crippen MR) is 111 cm³/mol. The molecule has 0 spiro atoms. The van der Waals surface area contributed by atoms with Crippen LogP contribution in [-0.4, -0.2) is 25.9 Å². The molecule has 2 aromatic heterocycles. The fourth-order valence-corrected chi connectivity index (χ4v) is 4.29. The van der Waals surface area contributed by atoms with Crippen LogP contribution >= 0.6 is 11.3 Å². The molecule has 29 heavy (non-hydrogen) atoms. The number of benzene rings is 1. The number of thiophene rings is 1. The Morgan fingerprint density at radius 3 is 2.59 bits per heavy atom. The molecule has 0 aliphatic heterocycles. The minimum atomic E-state index is -3.65. The smallest absolute Gasteiger partial charge is 0.251 e. The first kappa shape index (κ1) is 21.0. The van der Waals surface area contributed by atoms with Crippen LogP contribution in [0.1, 0.15) is 27.7 Å². The van der Waals surface area contributed by atoms with Gasteiger partial charge in [0.25, 0.3) is 5.91 Å². The van der Waals surface area contributed by atoms with Gasteiger partial charge in [-0.25, -0.2) is 18.1 Å². The number of hydrogen-bond acceptors (Lipinski definition) is 6. The average Bonchev–Trinajstić information content (AvgIpc) is 3.26. The van der Waals surface area contributed by atoms with Crippen LogP contribution in [0.4, 0.5) is 0 Å².